The van der Waals surface area contributed by atoms with E-state index in [1.165, 1.54) is 0 Å². The molecule has 8 nitrogen and oxygen atoms in total. The second kappa shape index (κ2) is 23.4. The number of carbonyl (C=O) groups is 1. The van der Waals surface area contributed by atoms with Crippen LogP contribution in [-0.2, 0) is 16.7 Å². The minimum atomic E-state index is -1.31. The van der Waals surface area contributed by atoms with E-state index >= 15 is 0 Å². The number of imidazole rings is 2. The van der Waals surface area contributed by atoms with Crippen LogP contribution in [0.5, 0.6) is 11.5 Å². The number of nitrogens with zero attached hydrogens (tertiary/aromatic N) is 4. The highest BCUT2D eigenvalue weighted by Crippen LogP contribution is 2.45. The molecule has 2 aromatic heterocycles. The highest BCUT2D eigenvalue weighted by Gasteiger charge is 2.43. The molecule has 1 atom stereocenters. The van der Waals surface area contributed by atoms with Crippen molar-refractivity contribution < 1.29 is 19.4 Å². The Balaban J connectivity index is 0.000000171. The summed E-state index contributed by atoms with van der Waals surface area (Å²) in [6.07, 6.45) is 7.54. The number of ketones is 1. The zero-order chi connectivity index (χ0) is 55.8. The molecule has 10 aromatic carbocycles. The highest BCUT2D eigenvalue weighted by atomic mass is 16.5. The summed E-state index contributed by atoms with van der Waals surface area (Å²) < 4.78 is 15.5. The molecule has 81 heavy (non-hydrogen) atoms. The molecule has 0 aliphatic carbocycles. The number of fused-ring (bicyclic) bond motifs is 2. The van der Waals surface area contributed by atoms with Crippen LogP contribution in [0.4, 0.5) is 0 Å². The molecular weight excluding hydrogens is 997 g/mol. The first-order valence-corrected chi connectivity index (χ1v) is 27.7. The van der Waals surface area contributed by atoms with Gasteiger partial charge in [0, 0.05) is 18.0 Å². The molecule has 0 aliphatic rings. The van der Waals surface area contributed by atoms with E-state index in [9.17, 15) is 9.90 Å². The van der Waals surface area contributed by atoms with Gasteiger partial charge in [-0.3, -0.25) is 4.79 Å². The lowest BCUT2D eigenvalue weighted by atomic mass is 9.76. The number of benzene rings is 10. The number of carbonyl (C=O) groups excluding carboxylic acids is 1. The largest absolute Gasteiger partial charge is 0.494 e. The Morgan fingerprint density at radius 2 is 0.790 bits per heavy atom. The highest BCUT2D eigenvalue weighted by molar-refractivity contribution is 6.09. The molecule has 0 bridgehead atoms. The second-order valence-electron chi connectivity index (χ2n) is 20.5. The van der Waals surface area contributed by atoms with Gasteiger partial charge in [-0.25, -0.2) is 9.97 Å². The van der Waals surface area contributed by atoms with Gasteiger partial charge in [0.15, 0.2) is 0 Å². The fourth-order valence-electron chi connectivity index (χ4n) is 11.6. The fraction of sp³-hybridized carbons (Fsp3) is 0.137. The van der Waals surface area contributed by atoms with Crippen LogP contribution in [0.3, 0.4) is 0 Å². The van der Waals surface area contributed by atoms with E-state index in [0.717, 1.165) is 72.0 Å². The van der Waals surface area contributed by atoms with Gasteiger partial charge in [-0.05, 0) is 117 Å². The molecule has 1 unspecified atom stereocenters. The summed E-state index contributed by atoms with van der Waals surface area (Å²) in [4.78, 5) is 23.3. The van der Waals surface area contributed by atoms with Crippen LogP contribution < -0.4 is 9.47 Å². The van der Waals surface area contributed by atoms with Crippen LogP contribution in [0.15, 0.2) is 280 Å². The molecule has 12 rings (SSSR count). The van der Waals surface area contributed by atoms with Gasteiger partial charge in [0.25, 0.3) is 0 Å². The lowest BCUT2D eigenvalue weighted by molar-refractivity contribution is 0.0279. The first-order valence-electron chi connectivity index (χ1n) is 27.7. The van der Waals surface area contributed by atoms with Crippen LogP contribution in [-0.4, -0.2) is 43.2 Å². The van der Waals surface area contributed by atoms with Gasteiger partial charge in [-0.2, -0.15) is 0 Å². The molecule has 8 heteroatoms. The monoisotopic (exact) mass is 1060 g/mol. The third-order valence-electron chi connectivity index (χ3n) is 15.5. The molecular formula is C73H64N4O4. The van der Waals surface area contributed by atoms with Gasteiger partial charge >= 0.3 is 0 Å². The Labute approximate surface area is 474 Å². The van der Waals surface area contributed by atoms with Crippen molar-refractivity contribution in [3.05, 3.63) is 336 Å². The fourth-order valence-corrected chi connectivity index (χ4v) is 11.6. The zero-order valence-electron chi connectivity index (χ0n) is 46.0. The Hall–Kier alpha value is -9.63. The number of ether oxygens (including phenoxy) is 2. The van der Waals surface area contributed by atoms with Gasteiger partial charge < -0.3 is 23.7 Å². The minimum Gasteiger partial charge on any atom is -0.494 e. The Kier molecular flexibility index (Phi) is 15.4. The van der Waals surface area contributed by atoms with E-state index in [-0.39, 0.29) is 11.7 Å². The Morgan fingerprint density at radius 3 is 1.20 bits per heavy atom. The summed E-state index contributed by atoms with van der Waals surface area (Å²) in [7, 11) is 0. The number of rotatable bonds is 17. The maximum atomic E-state index is 13.7. The molecule has 0 saturated heterocycles. The summed E-state index contributed by atoms with van der Waals surface area (Å²) in [5, 5.41) is 16.6. The van der Waals surface area contributed by atoms with Gasteiger partial charge in [-0.1, -0.05) is 232 Å². The van der Waals surface area contributed by atoms with Gasteiger partial charge in [0.05, 0.1) is 31.6 Å². The van der Waals surface area contributed by atoms with Crippen LogP contribution in [0.25, 0.3) is 21.5 Å². The predicted molar refractivity (Wildman–Crippen MR) is 325 cm³/mol. The summed E-state index contributed by atoms with van der Waals surface area (Å²) in [6, 6.07) is 86.5. The van der Waals surface area contributed by atoms with Crippen LogP contribution in [0.1, 0.15) is 88.4 Å². The lowest BCUT2D eigenvalue weighted by Gasteiger charge is -2.37. The molecule has 0 spiro atoms. The molecule has 0 radical (unpaired) electrons. The molecule has 0 aliphatic heterocycles. The first kappa shape index (κ1) is 53.4. The maximum absolute atomic E-state index is 13.7. The lowest BCUT2D eigenvalue weighted by Crippen LogP contribution is -2.37. The smallest absolute Gasteiger partial charge is 0.212 e. The third kappa shape index (κ3) is 10.1. The summed E-state index contributed by atoms with van der Waals surface area (Å²) in [5.74, 6) is 1.41. The van der Waals surface area contributed by atoms with E-state index in [0.29, 0.717) is 30.2 Å². The molecule has 0 amide bonds. The number of hydrogen-bond donors (Lipinski definition) is 1. The Morgan fingerprint density at radius 1 is 0.432 bits per heavy atom. The average molecular weight is 1060 g/mol. The summed E-state index contributed by atoms with van der Waals surface area (Å²) in [6.45, 7) is 9.27. The number of aromatic nitrogens is 4. The van der Waals surface area contributed by atoms with E-state index in [2.05, 4.69) is 142 Å². The zero-order valence-corrected chi connectivity index (χ0v) is 46.0. The van der Waals surface area contributed by atoms with Crippen LogP contribution in [0, 0.1) is 5.92 Å². The first-order chi connectivity index (χ1) is 39.7. The van der Waals surface area contributed by atoms with Gasteiger partial charge in [-0.15, -0.1) is 0 Å². The third-order valence-corrected chi connectivity index (χ3v) is 15.5. The number of hydrogen-bond acceptors (Lipinski definition) is 6. The van der Waals surface area contributed by atoms with E-state index in [4.69, 9.17) is 14.5 Å². The van der Waals surface area contributed by atoms with E-state index < -0.39 is 16.7 Å². The van der Waals surface area contributed by atoms with Gasteiger partial charge in [0.1, 0.15) is 33.9 Å². The topological polar surface area (TPSA) is 91.4 Å². The van der Waals surface area contributed by atoms with E-state index in [1.807, 2.05) is 174 Å². The van der Waals surface area contributed by atoms with Crippen molar-refractivity contribution in [2.75, 3.05) is 13.2 Å². The summed E-state index contributed by atoms with van der Waals surface area (Å²) in [5.41, 5.74) is 6.24. The van der Waals surface area contributed by atoms with E-state index in [1.54, 1.807) is 6.33 Å². The molecule has 400 valence electrons. The average Bonchev–Trinajstić information content (AvgIpc) is 4.30. The van der Waals surface area contributed by atoms with Crippen molar-refractivity contribution in [2.24, 2.45) is 5.92 Å². The SMILES string of the molecule is CCOc1ccc2cc(C(=O)c3cn(C(c4ccccc4)(c4ccccc4)c4ccccc4)cn3)ccc2c1.CCOc1ccc2cc(C(O)(c3cn(C(c4ccccc4)(c4ccccc4)c4ccccc4)cn3)C(C)C)ccc2c1. The van der Waals surface area contributed by atoms with Crippen molar-refractivity contribution >= 4 is 27.3 Å². The quantitative estimate of drug-likeness (QED) is 0.0722. The van der Waals surface area contributed by atoms with Crippen molar-refractivity contribution in [2.45, 2.75) is 44.4 Å². The minimum absolute atomic E-state index is 0.118. The molecule has 0 fully saturated rings. The van der Waals surface area contributed by atoms with Gasteiger partial charge in [0.2, 0.25) is 5.78 Å². The van der Waals surface area contributed by atoms with Crippen molar-refractivity contribution in [1.29, 1.82) is 0 Å². The molecule has 1 N–H and O–H groups in total. The molecule has 0 saturated carbocycles. The van der Waals surface area contributed by atoms with Crippen LogP contribution in [0.2, 0.25) is 0 Å². The van der Waals surface area contributed by atoms with Crippen molar-refractivity contribution in [1.82, 2.24) is 19.1 Å². The van der Waals surface area contributed by atoms with Crippen molar-refractivity contribution in [3.8, 4) is 11.5 Å². The molecule has 2 heterocycles. The molecule has 12 aromatic rings. The van der Waals surface area contributed by atoms with Crippen LogP contribution >= 0.6 is 0 Å². The normalized spacial score (nSPS) is 12.4. The van der Waals surface area contributed by atoms with Crippen molar-refractivity contribution in [3.63, 3.8) is 0 Å². The maximum Gasteiger partial charge on any atom is 0.212 e. The standard InChI is InChI=1S/C38H36N2O2.C35H28N2O2/c1-4-42-35-23-21-29-24-34(22-20-30(29)25-35)38(41,28(2)3)36-26-40(27-39-36)37(31-14-8-5-9-15-31,32-16-10-6-11-17-32)33-18-12-7-13-19-33;1-2-39-32-21-20-26-22-28(19-18-27(26)23-32)34(38)33-24-37(25-36-33)35(29-12-6-3-7-13-29,30-14-8-4-9-15-30)31-16-10-5-11-17-31/h5-28,41H,4H2,1-3H3;3-25H,2H2,1H3. The second-order valence-corrected chi connectivity index (χ2v) is 20.5. The Bertz CT molecular complexity index is 3840. The predicted octanol–water partition coefficient (Wildman–Crippen LogP) is 15.7. The summed E-state index contributed by atoms with van der Waals surface area (Å²) >= 11 is 0. The number of aliphatic hydroxyl groups is 1.